The SMILES string of the molecule is C=CCCCCCNC(=O)C(C)CC. The molecule has 0 aromatic heterocycles. The summed E-state index contributed by atoms with van der Waals surface area (Å²) in [4.78, 5) is 11.3. The molecule has 14 heavy (non-hydrogen) atoms. The molecular weight excluding hydrogens is 174 g/mol. The molecular formula is C12H23NO. The highest BCUT2D eigenvalue weighted by Gasteiger charge is 2.08. The third kappa shape index (κ3) is 6.70. The summed E-state index contributed by atoms with van der Waals surface area (Å²) in [7, 11) is 0. The van der Waals surface area contributed by atoms with Crippen LogP contribution in [0.2, 0.25) is 0 Å². The second kappa shape index (κ2) is 8.79. The fraction of sp³-hybridized carbons (Fsp3) is 0.750. The van der Waals surface area contributed by atoms with E-state index in [-0.39, 0.29) is 11.8 Å². The zero-order valence-electron chi connectivity index (χ0n) is 9.51. The summed E-state index contributed by atoms with van der Waals surface area (Å²) in [5.74, 6) is 0.347. The van der Waals surface area contributed by atoms with E-state index in [1.165, 1.54) is 12.8 Å². The van der Waals surface area contributed by atoms with Crippen LogP contribution in [0.25, 0.3) is 0 Å². The van der Waals surface area contributed by atoms with Crippen LogP contribution in [-0.4, -0.2) is 12.5 Å². The highest BCUT2D eigenvalue weighted by molar-refractivity contribution is 5.78. The Morgan fingerprint density at radius 2 is 2.14 bits per heavy atom. The van der Waals surface area contributed by atoms with Crippen molar-refractivity contribution >= 4 is 5.91 Å². The zero-order valence-corrected chi connectivity index (χ0v) is 9.51. The predicted molar refractivity (Wildman–Crippen MR) is 61.1 cm³/mol. The topological polar surface area (TPSA) is 29.1 Å². The Bertz CT molecular complexity index is 166. The Labute approximate surface area is 87.8 Å². The lowest BCUT2D eigenvalue weighted by atomic mass is 10.1. The minimum absolute atomic E-state index is 0.156. The summed E-state index contributed by atoms with van der Waals surface area (Å²) in [6, 6.07) is 0. The Balaban J connectivity index is 3.27. The molecule has 0 saturated heterocycles. The minimum atomic E-state index is 0.156. The van der Waals surface area contributed by atoms with Crippen molar-refractivity contribution in [3.05, 3.63) is 12.7 Å². The highest BCUT2D eigenvalue weighted by Crippen LogP contribution is 2.01. The fourth-order valence-electron chi connectivity index (χ4n) is 1.16. The van der Waals surface area contributed by atoms with Crippen LogP contribution in [0.1, 0.15) is 46.0 Å². The van der Waals surface area contributed by atoms with E-state index in [2.05, 4.69) is 11.9 Å². The van der Waals surface area contributed by atoms with Crippen molar-refractivity contribution in [2.45, 2.75) is 46.0 Å². The Morgan fingerprint density at radius 1 is 1.43 bits per heavy atom. The first-order chi connectivity index (χ1) is 6.72. The molecule has 0 aliphatic rings. The van der Waals surface area contributed by atoms with Crippen molar-refractivity contribution < 1.29 is 4.79 Å². The van der Waals surface area contributed by atoms with Gasteiger partial charge in [0.2, 0.25) is 5.91 Å². The largest absolute Gasteiger partial charge is 0.356 e. The smallest absolute Gasteiger partial charge is 0.222 e. The molecule has 0 heterocycles. The first kappa shape index (κ1) is 13.2. The average molecular weight is 197 g/mol. The van der Waals surface area contributed by atoms with Gasteiger partial charge < -0.3 is 5.32 Å². The van der Waals surface area contributed by atoms with Crippen molar-refractivity contribution in [1.29, 1.82) is 0 Å². The maximum absolute atomic E-state index is 11.3. The monoisotopic (exact) mass is 197 g/mol. The van der Waals surface area contributed by atoms with Crippen LogP contribution in [0.15, 0.2) is 12.7 Å². The number of carbonyl (C=O) groups excluding carboxylic acids is 1. The number of nitrogens with one attached hydrogen (secondary N) is 1. The summed E-state index contributed by atoms with van der Waals surface area (Å²) >= 11 is 0. The minimum Gasteiger partial charge on any atom is -0.356 e. The molecule has 0 aromatic rings. The number of carbonyl (C=O) groups is 1. The van der Waals surface area contributed by atoms with Gasteiger partial charge in [0, 0.05) is 12.5 Å². The second-order valence-corrected chi connectivity index (χ2v) is 3.74. The average Bonchev–Trinajstić information content (AvgIpc) is 2.21. The van der Waals surface area contributed by atoms with Crippen molar-refractivity contribution in [1.82, 2.24) is 5.32 Å². The van der Waals surface area contributed by atoms with E-state index in [4.69, 9.17) is 0 Å². The molecule has 0 aromatic carbocycles. The third-order valence-electron chi connectivity index (χ3n) is 2.44. The summed E-state index contributed by atoms with van der Waals surface area (Å²) < 4.78 is 0. The number of amides is 1. The first-order valence-electron chi connectivity index (χ1n) is 5.61. The fourth-order valence-corrected chi connectivity index (χ4v) is 1.16. The molecule has 1 N–H and O–H groups in total. The molecule has 0 spiro atoms. The number of allylic oxidation sites excluding steroid dienone is 1. The zero-order chi connectivity index (χ0) is 10.8. The van der Waals surface area contributed by atoms with Gasteiger partial charge in [-0.05, 0) is 25.7 Å². The van der Waals surface area contributed by atoms with Crippen LogP contribution in [0.3, 0.4) is 0 Å². The van der Waals surface area contributed by atoms with E-state index in [9.17, 15) is 4.79 Å². The lowest BCUT2D eigenvalue weighted by Gasteiger charge is -2.09. The molecule has 0 fully saturated rings. The molecule has 1 unspecified atom stereocenters. The summed E-state index contributed by atoms with van der Waals surface area (Å²) in [5.41, 5.74) is 0. The Kier molecular flexibility index (Phi) is 8.30. The normalized spacial score (nSPS) is 12.1. The first-order valence-corrected chi connectivity index (χ1v) is 5.61. The van der Waals surface area contributed by atoms with Gasteiger partial charge in [0.15, 0.2) is 0 Å². The van der Waals surface area contributed by atoms with E-state index in [1.807, 2.05) is 19.9 Å². The van der Waals surface area contributed by atoms with Crippen LogP contribution in [-0.2, 0) is 4.79 Å². The molecule has 0 aliphatic carbocycles. The van der Waals surface area contributed by atoms with Crippen LogP contribution in [0, 0.1) is 5.92 Å². The Hall–Kier alpha value is -0.790. The molecule has 1 atom stereocenters. The van der Waals surface area contributed by atoms with Crippen molar-refractivity contribution in [3.8, 4) is 0 Å². The summed E-state index contributed by atoms with van der Waals surface area (Å²) in [5, 5.41) is 2.95. The van der Waals surface area contributed by atoms with Crippen molar-refractivity contribution in [2.24, 2.45) is 5.92 Å². The van der Waals surface area contributed by atoms with Gasteiger partial charge in [-0.1, -0.05) is 26.3 Å². The van der Waals surface area contributed by atoms with Gasteiger partial charge in [0.05, 0.1) is 0 Å². The van der Waals surface area contributed by atoms with Crippen LogP contribution in [0.4, 0.5) is 0 Å². The van der Waals surface area contributed by atoms with Crippen LogP contribution >= 0.6 is 0 Å². The number of hydrogen-bond acceptors (Lipinski definition) is 1. The molecule has 0 aliphatic heterocycles. The van der Waals surface area contributed by atoms with Gasteiger partial charge in [-0.2, -0.15) is 0 Å². The summed E-state index contributed by atoms with van der Waals surface area (Å²) in [6.45, 7) is 8.49. The molecule has 0 rings (SSSR count). The quantitative estimate of drug-likeness (QED) is 0.470. The summed E-state index contributed by atoms with van der Waals surface area (Å²) in [6.07, 6.45) is 7.38. The Morgan fingerprint density at radius 3 is 2.71 bits per heavy atom. The van der Waals surface area contributed by atoms with Crippen LogP contribution in [0.5, 0.6) is 0 Å². The van der Waals surface area contributed by atoms with Gasteiger partial charge in [-0.25, -0.2) is 0 Å². The third-order valence-corrected chi connectivity index (χ3v) is 2.44. The lowest BCUT2D eigenvalue weighted by Crippen LogP contribution is -2.29. The van der Waals surface area contributed by atoms with Gasteiger partial charge >= 0.3 is 0 Å². The van der Waals surface area contributed by atoms with E-state index in [1.54, 1.807) is 0 Å². The molecule has 2 nitrogen and oxygen atoms in total. The van der Waals surface area contributed by atoms with Gasteiger partial charge in [0.25, 0.3) is 0 Å². The van der Waals surface area contributed by atoms with Gasteiger partial charge in [0.1, 0.15) is 0 Å². The van der Waals surface area contributed by atoms with Gasteiger partial charge in [-0.3, -0.25) is 4.79 Å². The van der Waals surface area contributed by atoms with E-state index >= 15 is 0 Å². The number of rotatable bonds is 8. The maximum Gasteiger partial charge on any atom is 0.222 e. The predicted octanol–water partition coefficient (Wildman–Crippen LogP) is 2.90. The highest BCUT2D eigenvalue weighted by atomic mass is 16.1. The van der Waals surface area contributed by atoms with Crippen molar-refractivity contribution in [2.75, 3.05) is 6.54 Å². The molecule has 82 valence electrons. The van der Waals surface area contributed by atoms with Crippen LogP contribution < -0.4 is 5.32 Å². The molecule has 0 bridgehead atoms. The standard InChI is InChI=1S/C12H23NO/c1-4-6-7-8-9-10-13-12(14)11(3)5-2/h4,11H,1,5-10H2,2-3H3,(H,13,14). The molecule has 1 amide bonds. The molecule has 2 heteroatoms. The van der Waals surface area contributed by atoms with E-state index in [0.717, 1.165) is 25.8 Å². The van der Waals surface area contributed by atoms with E-state index < -0.39 is 0 Å². The maximum atomic E-state index is 11.3. The van der Waals surface area contributed by atoms with Gasteiger partial charge in [-0.15, -0.1) is 6.58 Å². The lowest BCUT2D eigenvalue weighted by molar-refractivity contribution is -0.124. The van der Waals surface area contributed by atoms with Crippen molar-refractivity contribution in [3.63, 3.8) is 0 Å². The number of hydrogen-bond donors (Lipinski definition) is 1. The molecule has 0 radical (unpaired) electrons. The molecule has 0 saturated carbocycles. The number of unbranched alkanes of at least 4 members (excludes halogenated alkanes) is 3. The van der Waals surface area contributed by atoms with E-state index in [0.29, 0.717) is 0 Å². The second-order valence-electron chi connectivity index (χ2n) is 3.74.